The van der Waals surface area contributed by atoms with Gasteiger partial charge in [-0.1, -0.05) is 0 Å². The second kappa shape index (κ2) is 13.6. The van der Waals surface area contributed by atoms with Gasteiger partial charge in [-0.15, -0.1) is 24.8 Å². The van der Waals surface area contributed by atoms with E-state index in [2.05, 4.69) is 15.5 Å². The number of hydrogen-bond acceptors (Lipinski definition) is 6. The molecule has 1 aromatic carbocycles. The number of esters is 1. The standard InChI is InChI=1S/C21H32N4O4.2ClH/c1-16(2)29-20(26)15-28-19-5-3-17(4-6-19)23-21(27)25-13-11-24(12-14-25)18-7-9-22-10-8-18;;/h3-6,16,18,22H,7-15H2,1-2H3,(H,23,27);2*1H. The smallest absolute Gasteiger partial charge is 0.344 e. The number of nitrogens with one attached hydrogen (secondary N) is 2. The van der Waals surface area contributed by atoms with Crippen LogP contribution >= 0.6 is 24.8 Å². The van der Waals surface area contributed by atoms with Crippen LogP contribution in [0.3, 0.4) is 0 Å². The Bertz CT molecular complexity index is 676. The van der Waals surface area contributed by atoms with Crippen LogP contribution in [0.25, 0.3) is 0 Å². The van der Waals surface area contributed by atoms with Crippen molar-refractivity contribution < 1.29 is 19.1 Å². The number of rotatable bonds is 6. The first-order chi connectivity index (χ1) is 14.0. The first-order valence-electron chi connectivity index (χ1n) is 10.4. The van der Waals surface area contributed by atoms with Gasteiger partial charge in [-0.25, -0.2) is 9.59 Å². The lowest BCUT2D eigenvalue weighted by molar-refractivity contribution is -0.149. The maximum Gasteiger partial charge on any atom is 0.344 e. The second-order valence-electron chi connectivity index (χ2n) is 7.79. The summed E-state index contributed by atoms with van der Waals surface area (Å²) in [4.78, 5) is 28.4. The average Bonchev–Trinajstić information content (AvgIpc) is 2.73. The Morgan fingerprint density at radius 2 is 1.68 bits per heavy atom. The van der Waals surface area contributed by atoms with Gasteiger partial charge in [0.2, 0.25) is 0 Å². The molecule has 0 atom stereocenters. The van der Waals surface area contributed by atoms with Gasteiger partial charge < -0.3 is 25.0 Å². The summed E-state index contributed by atoms with van der Waals surface area (Å²) in [6.07, 6.45) is 2.22. The molecule has 2 saturated heterocycles. The molecule has 0 spiro atoms. The Balaban J connectivity index is 0.00000240. The molecule has 2 heterocycles. The van der Waals surface area contributed by atoms with Crippen molar-refractivity contribution in [2.24, 2.45) is 0 Å². The molecule has 0 aromatic heterocycles. The molecule has 2 aliphatic heterocycles. The summed E-state index contributed by atoms with van der Waals surface area (Å²) in [7, 11) is 0. The van der Waals surface area contributed by atoms with E-state index in [-0.39, 0.29) is 43.6 Å². The van der Waals surface area contributed by atoms with Crippen LogP contribution < -0.4 is 15.4 Å². The monoisotopic (exact) mass is 476 g/mol. The van der Waals surface area contributed by atoms with Crippen LogP contribution in [0.1, 0.15) is 26.7 Å². The topological polar surface area (TPSA) is 83.1 Å². The van der Waals surface area contributed by atoms with Crippen LogP contribution in [0.4, 0.5) is 10.5 Å². The molecule has 8 nitrogen and oxygen atoms in total. The number of ether oxygens (including phenoxy) is 2. The zero-order chi connectivity index (χ0) is 20.6. The highest BCUT2D eigenvalue weighted by Gasteiger charge is 2.26. The van der Waals surface area contributed by atoms with Crippen molar-refractivity contribution in [1.82, 2.24) is 15.1 Å². The number of urea groups is 1. The Kier molecular flexibility index (Phi) is 12.0. The number of carbonyl (C=O) groups is 2. The Morgan fingerprint density at radius 1 is 1.06 bits per heavy atom. The van der Waals surface area contributed by atoms with Gasteiger partial charge >= 0.3 is 12.0 Å². The number of amides is 2. The van der Waals surface area contributed by atoms with Gasteiger partial charge in [-0.05, 0) is 64.0 Å². The van der Waals surface area contributed by atoms with Gasteiger partial charge in [0, 0.05) is 37.9 Å². The third kappa shape index (κ3) is 8.73. The number of hydrogen-bond donors (Lipinski definition) is 2. The van der Waals surface area contributed by atoms with Crippen LogP contribution in [0, 0.1) is 0 Å². The number of anilines is 1. The van der Waals surface area contributed by atoms with Crippen molar-refractivity contribution in [1.29, 1.82) is 0 Å². The predicted molar refractivity (Wildman–Crippen MR) is 126 cm³/mol. The zero-order valence-corrected chi connectivity index (χ0v) is 19.8. The van der Waals surface area contributed by atoms with Crippen molar-refractivity contribution in [2.75, 3.05) is 51.2 Å². The van der Waals surface area contributed by atoms with E-state index in [1.807, 2.05) is 4.90 Å². The van der Waals surface area contributed by atoms with E-state index in [1.165, 1.54) is 12.8 Å². The molecular formula is C21H34Cl2N4O4. The van der Waals surface area contributed by atoms with Gasteiger partial charge in [-0.2, -0.15) is 0 Å². The van der Waals surface area contributed by atoms with E-state index in [0.29, 0.717) is 17.5 Å². The van der Waals surface area contributed by atoms with Gasteiger partial charge in [0.25, 0.3) is 0 Å². The molecule has 2 amide bonds. The lowest BCUT2D eigenvalue weighted by Crippen LogP contribution is -2.54. The minimum Gasteiger partial charge on any atom is -0.482 e. The van der Waals surface area contributed by atoms with Gasteiger partial charge in [0.1, 0.15) is 5.75 Å². The second-order valence-corrected chi connectivity index (χ2v) is 7.79. The molecule has 1 aromatic rings. The fourth-order valence-electron chi connectivity index (χ4n) is 3.74. The van der Waals surface area contributed by atoms with E-state index >= 15 is 0 Å². The third-order valence-electron chi connectivity index (χ3n) is 5.26. The number of carbonyl (C=O) groups excluding carboxylic acids is 2. The van der Waals surface area contributed by atoms with E-state index < -0.39 is 5.97 Å². The fraction of sp³-hybridized carbons (Fsp3) is 0.619. The molecule has 0 radical (unpaired) electrons. The maximum atomic E-state index is 12.5. The molecule has 0 unspecified atom stereocenters. The Hall–Kier alpha value is -1.74. The van der Waals surface area contributed by atoms with Crippen molar-refractivity contribution in [2.45, 2.75) is 38.8 Å². The molecule has 2 N–H and O–H groups in total. The van der Waals surface area contributed by atoms with Gasteiger partial charge in [-0.3, -0.25) is 4.90 Å². The van der Waals surface area contributed by atoms with Crippen molar-refractivity contribution in [3.63, 3.8) is 0 Å². The minimum absolute atomic E-state index is 0. The summed E-state index contributed by atoms with van der Waals surface area (Å²) < 4.78 is 10.4. The van der Waals surface area contributed by atoms with Crippen LogP contribution in [0.2, 0.25) is 0 Å². The fourth-order valence-corrected chi connectivity index (χ4v) is 3.74. The van der Waals surface area contributed by atoms with Crippen molar-refractivity contribution >= 4 is 42.5 Å². The summed E-state index contributed by atoms with van der Waals surface area (Å²) in [5.41, 5.74) is 0.702. The van der Waals surface area contributed by atoms with E-state index in [9.17, 15) is 9.59 Å². The highest BCUT2D eigenvalue weighted by Crippen LogP contribution is 2.18. The molecule has 0 aliphatic carbocycles. The predicted octanol–water partition coefficient (Wildman–Crippen LogP) is 2.76. The Morgan fingerprint density at radius 3 is 2.26 bits per heavy atom. The molecule has 31 heavy (non-hydrogen) atoms. The van der Waals surface area contributed by atoms with E-state index in [0.717, 1.165) is 39.3 Å². The quantitative estimate of drug-likeness (QED) is 0.614. The molecule has 2 aliphatic rings. The molecule has 2 fully saturated rings. The van der Waals surface area contributed by atoms with Gasteiger partial charge in [0.05, 0.1) is 6.10 Å². The molecule has 176 valence electrons. The molecule has 0 saturated carbocycles. The van der Waals surface area contributed by atoms with Gasteiger partial charge in [0.15, 0.2) is 6.61 Å². The SMILES string of the molecule is CC(C)OC(=O)COc1ccc(NC(=O)N2CCN(C3CCNCC3)CC2)cc1.Cl.Cl. The molecule has 10 heteroatoms. The van der Waals surface area contributed by atoms with Crippen molar-refractivity contribution in [3.8, 4) is 5.75 Å². The molecule has 0 bridgehead atoms. The highest BCUT2D eigenvalue weighted by molar-refractivity contribution is 5.89. The number of nitrogens with zero attached hydrogens (tertiary/aromatic N) is 2. The number of benzene rings is 1. The largest absolute Gasteiger partial charge is 0.482 e. The highest BCUT2D eigenvalue weighted by atomic mass is 35.5. The summed E-state index contributed by atoms with van der Waals surface area (Å²) >= 11 is 0. The average molecular weight is 477 g/mol. The molecular weight excluding hydrogens is 443 g/mol. The maximum absolute atomic E-state index is 12.5. The summed E-state index contributed by atoms with van der Waals surface area (Å²) in [5, 5.41) is 6.34. The van der Waals surface area contributed by atoms with Crippen LogP contribution in [-0.2, 0) is 9.53 Å². The first kappa shape index (κ1) is 27.3. The lowest BCUT2D eigenvalue weighted by atomic mass is 10.0. The zero-order valence-electron chi connectivity index (χ0n) is 18.2. The lowest BCUT2D eigenvalue weighted by Gasteiger charge is -2.40. The number of halogens is 2. The summed E-state index contributed by atoms with van der Waals surface area (Å²) in [6.45, 7) is 8.98. The summed E-state index contributed by atoms with van der Waals surface area (Å²) in [6, 6.07) is 7.56. The van der Waals surface area contributed by atoms with Crippen LogP contribution in [0.15, 0.2) is 24.3 Å². The first-order valence-corrected chi connectivity index (χ1v) is 10.4. The van der Waals surface area contributed by atoms with E-state index in [4.69, 9.17) is 9.47 Å². The van der Waals surface area contributed by atoms with Crippen LogP contribution in [0.5, 0.6) is 5.75 Å². The third-order valence-corrected chi connectivity index (χ3v) is 5.26. The molecule has 3 rings (SSSR count). The normalized spacial score (nSPS) is 17.3. The summed E-state index contributed by atoms with van der Waals surface area (Å²) in [5.74, 6) is 0.153. The minimum atomic E-state index is -0.402. The van der Waals surface area contributed by atoms with Crippen molar-refractivity contribution in [3.05, 3.63) is 24.3 Å². The number of piperazine rings is 1. The van der Waals surface area contributed by atoms with E-state index in [1.54, 1.807) is 38.1 Å². The number of piperidine rings is 1. The van der Waals surface area contributed by atoms with Crippen LogP contribution in [-0.4, -0.2) is 79.8 Å². The Labute approximate surface area is 196 Å².